The third-order valence-corrected chi connectivity index (χ3v) is 5.36. The van der Waals surface area contributed by atoms with Crippen molar-refractivity contribution in [3.8, 4) is 0 Å². The second kappa shape index (κ2) is 6.67. The van der Waals surface area contributed by atoms with Gasteiger partial charge in [-0.2, -0.15) is 0 Å². The molecule has 0 saturated carbocycles. The molecule has 2 aromatic heterocycles. The number of aromatic nitrogens is 3. The highest BCUT2D eigenvalue weighted by molar-refractivity contribution is 5.84. The quantitative estimate of drug-likeness (QED) is 0.555. The van der Waals surface area contributed by atoms with Crippen LogP contribution >= 0.6 is 0 Å². The largest absolute Gasteiger partial charge is 0.370 e. The Morgan fingerprint density at radius 3 is 2.78 bits per heavy atom. The van der Waals surface area contributed by atoms with Gasteiger partial charge < -0.3 is 9.64 Å². The molecule has 0 spiro atoms. The van der Waals surface area contributed by atoms with Gasteiger partial charge in [0.15, 0.2) is 5.82 Å². The van der Waals surface area contributed by atoms with E-state index in [1.165, 1.54) is 11.1 Å². The number of nitrogens with zero attached hydrogens (tertiary/aromatic N) is 4. The van der Waals surface area contributed by atoms with Crippen LogP contribution in [-0.2, 0) is 11.2 Å². The van der Waals surface area contributed by atoms with Gasteiger partial charge in [0.1, 0.15) is 11.6 Å². The number of rotatable bonds is 3. The van der Waals surface area contributed by atoms with Gasteiger partial charge in [0.05, 0.1) is 30.2 Å². The Hall–Kier alpha value is -2.92. The molecule has 1 aliphatic heterocycles. The fraction of sp³-hybridized carbons (Fsp3) is 0.273. The van der Waals surface area contributed by atoms with Crippen molar-refractivity contribution in [1.29, 1.82) is 0 Å². The molecule has 1 aliphatic rings. The average Bonchev–Trinajstić information content (AvgIpc) is 3.23. The van der Waals surface area contributed by atoms with Gasteiger partial charge in [0.2, 0.25) is 0 Å². The number of morpholine rings is 1. The Labute approximate surface area is 158 Å². The van der Waals surface area contributed by atoms with Gasteiger partial charge in [0, 0.05) is 13.1 Å². The van der Waals surface area contributed by atoms with Crippen molar-refractivity contribution in [2.45, 2.75) is 19.4 Å². The van der Waals surface area contributed by atoms with E-state index in [1.54, 1.807) is 0 Å². The lowest BCUT2D eigenvalue weighted by Crippen LogP contribution is -2.39. The van der Waals surface area contributed by atoms with Crippen LogP contribution in [0, 0.1) is 0 Å². The third kappa shape index (κ3) is 2.84. The van der Waals surface area contributed by atoms with Crippen LogP contribution in [0.25, 0.3) is 16.6 Å². The van der Waals surface area contributed by atoms with Crippen molar-refractivity contribution in [3.63, 3.8) is 0 Å². The first-order valence-electron chi connectivity index (χ1n) is 9.49. The van der Waals surface area contributed by atoms with E-state index in [1.807, 2.05) is 24.7 Å². The van der Waals surface area contributed by atoms with Crippen molar-refractivity contribution in [2.24, 2.45) is 0 Å². The molecule has 0 N–H and O–H groups in total. The molecule has 5 heteroatoms. The molecule has 0 radical (unpaired) electrons. The monoisotopic (exact) mass is 358 g/mol. The van der Waals surface area contributed by atoms with E-state index < -0.39 is 0 Å². The maximum Gasteiger partial charge on any atom is 0.155 e. The zero-order valence-corrected chi connectivity index (χ0v) is 15.4. The summed E-state index contributed by atoms with van der Waals surface area (Å²) in [6.45, 7) is 4.48. The second-order valence-corrected chi connectivity index (χ2v) is 6.97. The van der Waals surface area contributed by atoms with Crippen LogP contribution in [-0.4, -0.2) is 34.1 Å². The topological polar surface area (TPSA) is 42.7 Å². The van der Waals surface area contributed by atoms with Crippen LogP contribution in [0.4, 0.5) is 5.82 Å². The predicted octanol–water partition coefficient (Wildman–Crippen LogP) is 4.02. The summed E-state index contributed by atoms with van der Waals surface area (Å²) in [6.07, 6.45) is 4.87. The third-order valence-electron chi connectivity index (χ3n) is 5.36. The van der Waals surface area contributed by atoms with Crippen LogP contribution in [0.3, 0.4) is 0 Å². The zero-order valence-electron chi connectivity index (χ0n) is 15.4. The molecule has 0 bridgehead atoms. The highest BCUT2D eigenvalue weighted by atomic mass is 16.5. The van der Waals surface area contributed by atoms with Gasteiger partial charge in [-0.25, -0.2) is 9.97 Å². The van der Waals surface area contributed by atoms with E-state index in [0.717, 1.165) is 41.9 Å². The van der Waals surface area contributed by atoms with E-state index >= 15 is 0 Å². The van der Waals surface area contributed by atoms with Gasteiger partial charge in [-0.05, 0) is 29.7 Å². The zero-order chi connectivity index (χ0) is 18.2. The first-order chi connectivity index (χ1) is 13.3. The molecule has 0 aliphatic carbocycles. The summed E-state index contributed by atoms with van der Waals surface area (Å²) in [5.74, 6) is 0.977. The summed E-state index contributed by atoms with van der Waals surface area (Å²) in [6, 6.07) is 17.0. The Balaban J connectivity index is 1.52. The molecule has 1 atom stereocenters. The van der Waals surface area contributed by atoms with Gasteiger partial charge >= 0.3 is 0 Å². The Morgan fingerprint density at radius 1 is 1.07 bits per heavy atom. The number of benzene rings is 2. The minimum absolute atomic E-state index is 0.0564. The number of hydrogen-bond donors (Lipinski definition) is 0. The molecule has 5 rings (SSSR count). The summed E-state index contributed by atoms with van der Waals surface area (Å²) >= 11 is 0. The number of ether oxygens (including phenoxy) is 1. The van der Waals surface area contributed by atoms with E-state index in [4.69, 9.17) is 9.72 Å². The number of fused-ring (bicyclic) bond motifs is 3. The normalized spacial score (nSPS) is 17.7. The van der Waals surface area contributed by atoms with Crippen molar-refractivity contribution >= 4 is 22.4 Å². The summed E-state index contributed by atoms with van der Waals surface area (Å²) in [5, 5.41) is 0. The lowest BCUT2D eigenvalue weighted by molar-refractivity contribution is 0.0396. The highest BCUT2D eigenvalue weighted by Gasteiger charge is 2.25. The van der Waals surface area contributed by atoms with Gasteiger partial charge in [-0.15, -0.1) is 0 Å². The van der Waals surface area contributed by atoms with Crippen molar-refractivity contribution in [3.05, 3.63) is 72.2 Å². The Bertz CT molecular complexity index is 1090. The molecule has 27 heavy (non-hydrogen) atoms. The minimum Gasteiger partial charge on any atom is -0.370 e. The molecule has 2 aromatic carbocycles. The summed E-state index contributed by atoms with van der Waals surface area (Å²) in [7, 11) is 0. The standard InChI is InChI=1S/C22H22N4O/c1-2-16-7-9-17(10-8-16)21-14-25(11-12-27-21)22-20-13-23-15-26(20)19-6-4-3-5-18(19)24-22/h3-10,13,15,21H,2,11-12,14H2,1H3. The van der Waals surface area contributed by atoms with Gasteiger partial charge in [-0.3, -0.25) is 4.40 Å². The number of aryl methyl sites for hydroxylation is 1. The predicted molar refractivity (Wildman–Crippen MR) is 107 cm³/mol. The maximum absolute atomic E-state index is 6.08. The van der Waals surface area contributed by atoms with Crippen LogP contribution in [0.1, 0.15) is 24.2 Å². The van der Waals surface area contributed by atoms with Crippen LogP contribution in [0.15, 0.2) is 61.1 Å². The lowest BCUT2D eigenvalue weighted by Gasteiger charge is -2.34. The summed E-state index contributed by atoms with van der Waals surface area (Å²) in [5.41, 5.74) is 5.67. The number of hydrogen-bond acceptors (Lipinski definition) is 4. The molecule has 1 fully saturated rings. The SMILES string of the molecule is CCc1ccc(C2CN(c3nc4ccccc4n4cncc34)CCO2)cc1. The molecule has 4 aromatic rings. The lowest BCUT2D eigenvalue weighted by atomic mass is 10.0. The summed E-state index contributed by atoms with van der Waals surface area (Å²) in [4.78, 5) is 11.7. The Kier molecular flexibility index (Phi) is 4.02. The van der Waals surface area contributed by atoms with Gasteiger partial charge in [0.25, 0.3) is 0 Å². The van der Waals surface area contributed by atoms with Crippen molar-refractivity contribution in [1.82, 2.24) is 14.4 Å². The highest BCUT2D eigenvalue weighted by Crippen LogP contribution is 2.29. The van der Waals surface area contributed by atoms with Crippen LogP contribution in [0.5, 0.6) is 0 Å². The van der Waals surface area contributed by atoms with E-state index in [2.05, 4.69) is 57.6 Å². The number of para-hydroxylation sites is 2. The molecule has 3 heterocycles. The molecular formula is C22H22N4O. The maximum atomic E-state index is 6.08. The first kappa shape index (κ1) is 16.3. The van der Waals surface area contributed by atoms with Crippen LogP contribution < -0.4 is 4.90 Å². The number of anilines is 1. The molecule has 0 amide bonds. The smallest absolute Gasteiger partial charge is 0.155 e. The van der Waals surface area contributed by atoms with E-state index in [0.29, 0.717) is 6.61 Å². The van der Waals surface area contributed by atoms with Crippen molar-refractivity contribution in [2.75, 3.05) is 24.6 Å². The molecular weight excluding hydrogens is 336 g/mol. The molecule has 1 unspecified atom stereocenters. The van der Waals surface area contributed by atoms with Crippen molar-refractivity contribution < 1.29 is 4.74 Å². The molecule has 5 nitrogen and oxygen atoms in total. The average molecular weight is 358 g/mol. The molecule has 1 saturated heterocycles. The van der Waals surface area contributed by atoms with E-state index in [-0.39, 0.29) is 6.10 Å². The second-order valence-electron chi connectivity index (χ2n) is 6.97. The summed E-state index contributed by atoms with van der Waals surface area (Å²) < 4.78 is 8.20. The fourth-order valence-corrected chi connectivity index (χ4v) is 3.83. The van der Waals surface area contributed by atoms with Crippen LogP contribution in [0.2, 0.25) is 0 Å². The minimum atomic E-state index is 0.0564. The molecule has 136 valence electrons. The first-order valence-corrected chi connectivity index (χ1v) is 9.49. The van der Waals surface area contributed by atoms with E-state index in [9.17, 15) is 0 Å². The van der Waals surface area contributed by atoms with Gasteiger partial charge in [-0.1, -0.05) is 43.3 Å². The fourth-order valence-electron chi connectivity index (χ4n) is 3.83. The Morgan fingerprint density at radius 2 is 1.93 bits per heavy atom. The number of imidazole rings is 1.